The zero-order chi connectivity index (χ0) is 11.9. The van der Waals surface area contributed by atoms with E-state index in [1.54, 1.807) is 5.56 Å². The molecule has 0 heterocycles. The van der Waals surface area contributed by atoms with Crippen LogP contribution < -0.4 is 0 Å². The predicted molar refractivity (Wildman–Crippen MR) is 75.5 cm³/mol. The Morgan fingerprint density at radius 3 is 2.29 bits per heavy atom. The quantitative estimate of drug-likeness (QED) is 0.589. The summed E-state index contributed by atoms with van der Waals surface area (Å²) in [6.45, 7) is 2.27. The van der Waals surface area contributed by atoms with E-state index in [9.17, 15) is 0 Å². The van der Waals surface area contributed by atoms with Gasteiger partial charge in [-0.05, 0) is 42.7 Å². The molecular weight excluding hydrogens is 204 g/mol. The highest BCUT2D eigenvalue weighted by Gasteiger charge is 2.14. The van der Waals surface area contributed by atoms with Gasteiger partial charge in [0.1, 0.15) is 0 Å². The first kappa shape index (κ1) is 12.7. The van der Waals surface area contributed by atoms with Gasteiger partial charge in [0, 0.05) is 0 Å². The Morgan fingerprint density at radius 1 is 0.941 bits per heavy atom. The van der Waals surface area contributed by atoms with E-state index in [2.05, 4.69) is 31.2 Å². The smallest absolute Gasteiger partial charge is 0.0162 e. The summed E-state index contributed by atoms with van der Waals surface area (Å²) in [5.41, 5.74) is 3.11. The lowest BCUT2D eigenvalue weighted by Gasteiger charge is -2.22. The third-order valence-electron chi connectivity index (χ3n) is 4.13. The van der Waals surface area contributed by atoms with Gasteiger partial charge in [-0.15, -0.1) is 0 Å². The van der Waals surface area contributed by atoms with Crippen molar-refractivity contribution in [1.82, 2.24) is 0 Å². The van der Waals surface area contributed by atoms with Gasteiger partial charge in [0.2, 0.25) is 0 Å². The molecule has 1 aliphatic rings. The van der Waals surface area contributed by atoms with Crippen LogP contribution in [-0.4, -0.2) is 0 Å². The zero-order valence-electron chi connectivity index (χ0n) is 11.3. The summed E-state index contributed by atoms with van der Waals surface area (Å²) >= 11 is 0. The Bertz CT molecular complexity index is 303. The first-order chi connectivity index (χ1) is 8.40. The maximum atomic E-state index is 2.39. The Balaban J connectivity index is 1.88. The van der Waals surface area contributed by atoms with Gasteiger partial charge in [0.25, 0.3) is 0 Å². The van der Waals surface area contributed by atoms with Crippen LogP contribution in [0.15, 0.2) is 24.3 Å². The van der Waals surface area contributed by atoms with Gasteiger partial charge in [-0.2, -0.15) is 0 Å². The number of benzene rings is 1. The highest BCUT2D eigenvalue weighted by atomic mass is 14.2. The van der Waals surface area contributed by atoms with Crippen molar-refractivity contribution in [2.24, 2.45) is 0 Å². The molecule has 0 aliphatic heterocycles. The minimum Gasteiger partial charge on any atom is -0.0654 e. The van der Waals surface area contributed by atoms with Crippen molar-refractivity contribution in [3.05, 3.63) is 35.4 Å². The fourth-order valence-corrected chi connectivity index (χ4v) is 2.97. The van der Waals surface area contributed by atoms with E-state index < -0.39 is 0 Å². The second-order valence-corrected chi connectivity index (χ2v) is 5.53. The third-order valence-corrected chi connectivity index (χ3v) is 4.13. The van der Waals surface area contributed by atoms with Crippen molar-refractivity contribution in [2.75, 3.05) is 0 Å². The Hall–Kier alpha value is -0.780. The molecule has 0 bridgehead atoms. The van der Waals surface area contributed by atoms with Crippen molar-refractivity contribution in [2.45, 2.75) is 70.6 Å². The van der Waals surface area contributed by atoms with Gasteiger partial charge in [-0.1, -0.05) is 63.3 Å². The molecule has 0 heteroatoms. The number of hydrogen-bond donors (Lipinski definition) is 0. The molecule has 0 atom stereocenters. The van der Waals surface area contributed by atoms with Gasteiger partial charge in [-0.3, -0.25) is 0 Å². The van der Waals surface area contributed by atoms with E-state index in [0.29, 0.717) is 0 Å². The largest absolute Gasteiger partial charge is 0.0654 e. The summed E-state index contributed by atoms with van der Waals surface area (Å²) in [5, 5.41) is 0. The predicted octanol–water partition coefficient (Wildman–Crippen LogP) is 5.47. The molecule has 2 rings (SSSR count). The van der Waals surface area contributed by atoms with Crippen molar-refractivity contribution in [3.8, 4) is 0 Å². The Labute approximate surface area is 106 Å². The molecule has 0 spiro atoms. The average Bonchev–Trinajstić information content (AvgIpc) is 2.41. The Morgan fingerprint density at radius 2 is 1.65 bits per heavy atom. The first-order valence-electron chi connectivity index (χ1n) is 7.49. The molecule has 94 valence electrons. The summed E-state index contributed by atoms with van der Waals surface area (Å²) in [5.74, 6) is 0.855. The van der Waals surface area contributed by atoms with E-state index in [-0.39, 0.29) is 0 Å². The van der Waals surface area contributed by atoms with Crippen molar-refractivity contribution in [1.29, 1.82) is 0 Å². The number of aryl methyl sites for hydroxylation is 1. The van der Waals surface area contributed by atoms with Crippen LogP contribution in [0.1, 0.15) is 75.3 Å². The summed E-state index contributed by atoms with van der Waals surface area (Å²) in [4.78, 5) is 0. The molecule has 0 radical (unpaired) electrons. The summed E-state index contributed by atoms with van der Waals surface area (Å²) in [6, 6.07) is 9.49. The van der Waals surface area contributed by atoms with Crippen LogP contribution in [0.3, 0.4) is 0 Å². The van der Waals surface area contributed by atoms with Crippen LogP contribution >= 0.6 is 0 Å². The molecule has 1 aliphatic carbocycles. The second-order valence-electron chi connectivity index (χ2n) is 5.53. The molecule has 0 aromatic heterocycles. The van der Waals surface area contributed by atoms with Gasteiger partial charge >= 0.3 is 0 Å². The molecule has 1 saturated carbocycles. The van der Waals surface area contributed by atoms with Gasteiger partial charge in [-0.25, -0.2) is 0 Å². The number of hydrogen-bond acceptors (Lipinski definition) is 0. The van der Waals surface area contributed by atoms with Crippen LogP contribution in [0.4, 0.5) is 0 Å². The fourth-order valence-electron chi connectivity index (χ4n) is 2.97. The lowest BCUT2D eigenvalue weighted by molar-refractivity contribution is 0.443. The molecule has 0 unspecified atom stereocenters. The molecule has 1 aromatic carbocycles. The first-order valence-corrected chi connectivity index (χ1v) is 7.49. The molecule has 0 nitrogen and oxygen atoms in total. The summed E-state index contributed by atoms with van der Waals surface area (Å²) in [7, 11) is 0. The molecule has 0 N–H and O–H groups in total. The monoisotopic (exact) mass is 230 g/mol. The van der Waals surface area contributed by atoms with E-state index in [1.165, 1.54) is 63.4 Å². The van der Waals surface area contributed by atoms with E-state index in [1.807, 2.05) is 0 Å². The van der Waals surface area contributed by atoms with Crippen LogP contribution in [0.2, 0.25) is 0 Å². The standard InChI is InChI=1S/C17H26/c1-2-3-5-8-15-11-13-17(14-12-15)16-9-6-4-7-10-16/h11-14,16H,2-10H2,1H3. The topological polar surface area (TPSA) is 0 Å². The van der Waals surface area contributed by atoms with Gasteiger partial charge in [0.05, 0.1) is 0 Å². The highest BCUT2D eigenvalue weighted by Crippen LogP contribution is 2.32. The minimum absolute atomic E-state index is 0.855. The lowest BCUT2D eigenvalue weighted by Crippen LogP contribution is -2.04. The normalized spacial score (nSPS) is 17.2. The van der Waals surface area contributed by atoms with Gasteiger partial charge < -0.3 is 0 Å². The maximum absolute atomic E-state index is 2.39. The SMILES string of the molecule is CCCCCc1ccc(C2CCCCC2)cc1. The second kappa shape index (κ2) is 6.83. The lowest BCUT2D eigenvalue weighted by atomic mass is 9.84. The Kier molecular flexibility index (Phi) is 5.09. The molecule has 17 heavy (non-hydrogen) atoms. The molecule has 0 amide bonds. The summed E-state index contributed by atoms with van der Waals surface area (Å²) in [6.07, 6.45) is 12.4. The highest BCUT2D eigenvalue weighted by molar-refractivity contribution is 5.25. The van der Waals surface area contributed by atoms with Gasteiger partial charge in [0.15, 0.2) is 0 Å². The molecule has 1 aromatic rings. The van der Waals surface area contributed by atoms with Crippen molar-refractivity contribution < 1.29 is 0 Å². The van der Waals surface area contributed by atoms with Crippen molar-refractivity contribution in [3.63, 3.8) is 0 Å². The molecule has 0 saturated heterocycles. The van der Waals surface area contributed by atoms with E-state index >= 15 is 0 Å². The summed E-state index contributed by atoms with van der Waals surface area (Å²) < 4.78 is 0. The maximum Gasteiger partial charge on any atom is -0.0162 e. The molecular formula is C17H26. The van der Waals surface area contributed by atoms with E-state index in [0.717, 1.165) is 5.92 Å². The number of rotatable bonds is 5. The van der Waals surface area contributed by atoms with E-state index in [4.69, 9.17) is 0 Å². The van der Waals surface area contributed by atoms with Crippen LogP contribution in [0, 0.1) is 0 Å². The number of unbranched alkanes of at least 4 members (excludes halogenated alkanes) is 2. The average molecular weight is 230 g/mol. The minimum atomic E-state index is 0.855. The molecule has 1 fully saturated rings. The zero-order valence-corrected chi connectivity index (χ0v) is 11.3. The fraction of sp³-hybridized carbons (Fsp3) is 0.647. The van der Waals surface area contributed by atoms with Crippen LogP contribution in [0.5, 0.6) is 0 Å². The van der Waals surface area contributed by atoms with Crippen LogP contribution in [0.25, 0.3) is 0 Å². The third kappa shape index (κ3) is 3.87. The van der Waals surface area contributed by atoms with Crippen LogP contribution in [-0.2, 0) is 6.42 Å². The van der Waals surface area contributed by atoms with Crippen molar-refractivity contribution >= 4 is 0 Å².